The monoisotopic (exact) mass is 353 g/mol. The summed E-state index contributed by atoms with van der Waals surface area (Å²) >= 11 is 6.17. The molecular weight excluding hydrogens is 341 g/mol. The molecule has 3 rings (SSSR count). The molecule has 0 aliphatic carbocycles. The molecule has 2 N–H and O–H groups in total. The molecule has 0 atom stereocenters. The minimum Gasteiger partial charge on any atom is -0.496 e. The van der Waals surface area contributed by atoms with Gasteiger partial charge in [-0.25, -0.2) is 9.37 Å². The second kappa shape index (κ2) is 6.80. The molecule has 0 saturated carbocycles. The Balaban J connectivity index is 2.33. The van der Waals surface area contributed by atoms with E-state index in [0.29, 0.717) is 22.6 Å². The SMILES string of the molecule is COc1ccccc1-c1cc(-c2c(F)cccc2Cl)c(C#N)c(N)n1. The summed E-state index contributed by atoms with van der Waals surface area (Å²) in [5, 5.41) is 9.63. The third kappa shape index (κ3) is 3.00. The van der Waals surface area contributed by atoms with Gasteiger partial charge in [-0.2, -0.15) is 5.26 Å². The lowest BCUT2D eigenvalue weighted by Gasteiger charge is -2.13. The fourth-order valence-corrected chi connectivity index (χ4v) is 2.89. The summed E-state index contributed by atoms with van der Waals surface area (Å²) in [6.07, 6.45) is 0. The van der Waals surface area contributed by atoms with Gasteiger partial charge in [0, 0.05) is 16.7 Å². The van der Waals surface area contributed by atoms with Gasteiger partial charge in [0.25, 0.3) is 0 Å². The number of ether oxygens (including phenoxy) is 1. The van der Waals surface area contributed by atoms with E-state index >= 15 is 0 Å². The number of halogens is 2. The summed E-state index contributed by atoms with van der Waals surface area (Å²) in [5.41, 5.74) is 7.58. The molecule has 6 heteroatoms. The minimum absolute atomic E-state index is 0.000209. The molecule has 0 spiro atoms. The Morgan fingerprint density at radius 3 is 2.60 bits per heavy atom. The molecule has 25 heavy (non-hydrogen) atoms. The number of nitrogen functional groups attached to an aromatic ring is 1. The van der Waals surface area contributed by atoms with E-state index in [9.17, 15) is 9.65 Å². The second-order valence-corrected chi connectivity index (χ2v) is 5.63. The summed E-state index contributed by atoms with van der Waals surface area (Å²) in [4.78, 5) is 4.28. The average molecular weight is 354 g/mol. The van der Waals surface area contributed by atoms with Gasteiger partial charge in [-0.05, 0) is 30.3 Å². The number of rotatable bonds is 3. The first-order valence-corrected chi connectivity index (χ1v) is 7.73. The molecule has 0 fully saturated rings. The number of anilines is 1. The largest absolute Gasteiger partial charge is 0.496 e. The van der Waals surface area contributed by atoms with Gasteiger partial charge in [-0.1, -0.05) is 29.8 Å². The van der Waals surface area contributed by atoms with Crippen molar-refractivity contribution >= 4 is 17.4 Å². The number of nitrogens with zero attached hydrogens (tertiary/aromatic N) is 2. The minimum atomic E-state index is -0.541. The predicted octanol–water partition coefficient (Wildman–Crippen LogP) is 4.67. The number of methoxy groups -OCH3 is 1. The number of hydrogen-bond donors (Lipinski definition) is 1. The normalized spacial score (nSPS) is 10.3. The maximum atomic E-state index is 14.4. The van der Waals surface area contributed by atoms with Crippen molar-refractivity contribution in [2.75, 3.05) is 12.8 Å². The van der Waals surface area contributed by atoms with E-state index in [-0.39, 0.29) is 22.0 Å². The van der Waals surface area contributed by atoms with Crippen molar-refractivity contribution in [3.05, 3.63) is 64.9 Å². The molecule has 0 bridgehead atoms. The van der Waals surface area contributed by atoms with Crippen LogP contribution < -0.4 is 10.5 Å². The Morgan fingerprint density at radius 1 is 1.16 bits per heavy atom. The van der Waals surface area contributed by atoms with Crippen molar-refractivity contribution in [3.63, 3.8) is 0 Å². The highest BCUT2D eigenvalue weighted by Crippen LogP contribution is 2.38. The molecule has 1 heterocycles. The van der Waals surface area contributed by atoms with Gasteiger partial charge in [0.05, 0.1) is 17.8 Å². The van der Waals surface area contributed by atoms with Gasteiger partial charge in [0.15, 0.2) is 0 Å². The zero-order valence-electron chi connectivity index (χ0n) is 13.3. The Morgan fingerprint density at radius 2 is 1.92 bits per heavy atom. The summed E-state index contributed by atoms with van der Waals surface area (Å²) < 4.78 is 19.7. The average Bonchev–Trinajstić information content (AvgIpc) is 2.61. The van der Waals surface area contributed by atoms with Gasteiger partial charge in [0.1, 0.15) is 29.0 Å². The molecule has 4 nitrogen and oxygen atoms in total. The smallest absolute Gasteiger partial charge is 0.142 e. The number of aromatic nitrogens is 1. The Bertz CT molecular complexity index is 978. The Hall–Kier alpha value is -3.10. The number of pyridine rings is 1. The van der Waals surface area contributed by atoms with Crippen molar-refractivity contribution in [2.24, 2.45) is 0 Å². The number of nitriles is 1. The second-order valence-electron chi connectivity index (χ2n) is 5.22. The van der Waals surface area contributed by atoms with Crippen LogP contribution in [0.25, 0.3) is 22.4 Å². The standard InChI is InChI=1S/C19H13ClFN3O/c1-25-17-8-3-2-5-11(17)16-9-12(13(10-22)19(23)24-16)18-14(20)6-4-7-15(18)21/h2-9H,1H3,(H2,23,24). The van der Waals surface area contributed by atoms with Crippen LogP contribution in [0.2, 0.25) is 5.02 Å². The molecular formula is C19H13ClFN3O. The van der Waals surface area contributed by atoms with E-state index in [4.69, 9.17) is 22.1 Å². The number of nitrogens with two attached hydrogens (primary N) is 1. The molecule has 0 saturated heterocycles. The van der Waals surface area contributed by atoms with E-state index in [1.807, 2.05) is 18.2 Å². The molecule has 0 aliphatic rings. The third-order valence-corrected chi connectivity index (χ3v) is 4.09. The first kappa shape index (κ1) is 16.7. The van der Waals surface area contributed by atoms with Crippen LogP contribution in [0.5, 0.6) is 5.75 Å². The van der Waals surface area contributed by atoms with Gasteiger partial charge in [0.2, 0.25) is 0 Å². The lowest BCUT2D eigenvalue weighted by molar-refractivity contribution is 0.416. The van der Waals surface area contributed by atoms with Gasteiger partial charge in [-0.3, -0.25) is 0 Å². The van der Waals surface area contributed by atoms with E-state index in [0.717, 1.165) is 0 Å². The number of hydrogen-bond acceptors (Lipinski definition) is 4. The van der Waals surface area contributed by atoms with Crippen LogP contribution in [0.15, 0.2) is 48.5 Å². The van der Waals surface area contributed by atoms with Crippen molar-refractivity contribution < 1.29 is 9.13 Å². The molecule has 0 amide bonds. The molecule has 0 radical (unpaired) electrons. The molecule has 1 aromatic heterocycles. The molecule has 0 unspecified atom stereocenters. The molecule has 0 aliphatic heterocycles. The topological polar surface area (TPSA) is 71.9 Å². The van der Waals surface area contributed by atoms with E-state index < -0.39 is 5.82 Å². The lowest BCUT2D eigenvalue weighted by atomic mass is 9.97. The molecule has 3 aromatic rings. The zero-order valence-corrected chi connectivity index (χ0v) is 14.0. The zero-order chi connectivity index (χ0) is 18.0. The highest BCUT2D eigenvalue weighted by Gasteiger charge is 2.19. The highest BCUT2D eigenvalue weighted by atomic mass is 35.5. The Labute approximate surface area is 149 Å². The number of benzene rings is 2. The first-order valence-electron chi connectivity index (χ1n) is 7.35. The van der Waals surface area contributed by atoms with Gasteiger partial charge >= 0.3 is 0 Å². The van der Waals surface area contributed by atoms with Crippen LogP contribution in [0.4, 0.5) is 10.2 Å². The van der Waals surface area contributed by atoms with Crippen molar-refractivity contribution in [1.29, 1.82) is 5.26 Å². The summed E-state index contributed by atoms with van der Waals surface area (Å²) in [6.45, 7) is 0. The van der Waals surface area contributed by atoms with Crippen molar-refractivity contribution in [2.45, 2.75) is 0 Å². The molecule has 2 aromatic carbocycles. The van der Waals surface area contributed by atoms with E-state index in [1.165, 1.54) is 12.1 Å². The van der Waals surface area contributed by atoms with Gasteiger partial charge < -0.3 is 10.5 Å². The van der Waals surface area contributed by atoms with Crippen LogP contribution in [-0.2, 0) is 0 Å². The molecule has 124 valence electrons. The lowest BCUT2D eigenvalue weighted by Crippen LogP contribution is -2.01. The van der Waals surface area contributed by atoms with Crippen LogP contribution in [0.3, 0.4) is 0 Å². The Kier molecular flexibility index (Phi) is 4.55. The van der Waals surface area contributed by atoms with E-state index in [1.54, 1.807) is 31.4 Å². The maximum Gasteiger partial charge on any atom is 0.142 e. The summed E-state index contributed by atoms with van der Waals surface area (Å²) in [6, 6.07) is 15.1. The fourth-order valence-electron chi connectivity index (χ4n) is 2.63. The van der Waals surface area contributed by atoms with Crippen molar-refractivity contribution in [3.8, 4) is 34.2 Å². The van der Waals surface area contributed by atoms with E-state index in [2.05, 4.69) is 4.98 Å². The quantitative estimate of drug-likeness (QED) is 0.742. The fraction of sp³-hybridized carbons (Fsp3) is 0.0526. The van der Waals surface area contributed by atoms with Crippen molar-refractivity contribution in [1.82, 2.24) is 4.98 Å². The van der Waals surface area contributed by atoms with Crippen LogP contribution >= 0.6 is 11.6 Å². The highest BCUT2D eigenvalue weighted by molar-refractivity contribution is 6.33. The van der Waals surface area contributed by atoms with Crippen LogP contribution in [0.1, 0.15) is 5.56 Å². The number of para-hydroxylation sites is 1. The summed E-state index contributed by atoms with van der Waals surface area (Å²) in [7, 11) is 1.54. The van der Waals surface area contributed by atoms with Crippen LogP contribution in [0, 0.1) is 17.1 Å². The predicted molar refractivity (Wildman–Crippen MR) is 95.8 cm³/mol. The van der Waals surface area contributed by atoms with Gasteiger partial charge in [-0.15, -0.1) is 0 Å². The third-order valence-electron chi connectivity index (χ3n) is 3.77. The first-order chi connectivity index (χ1) is 12.1. The maximum absolute atomic E-state index is 14.4. The van der Waals surface area contributed by atoms with Crippen LogP contribution in [-0.4, -0.2) is 12.1 Å². The summed E-state index contributed by atoms with van der Waals surface area (Å²) in [5.74, 6) is 0.0468.